The Morgan fingerprint density at radius 2 is 1.54 bits per heavy atom. The highest BCUT2D eigenvalue weighted by molar-refractivity contribution is 5.85. The van der Waals surface area contributed by atoms with Gasteiger partial charge in [-0.05, 0) is 35.7 Å². The normalized spacial score (nSPS) is 10.9. The van der Waals surface area contributed by atoms with Crippen LogP contribution in [0.4, 0.5) is 0 Å². The molecule has 0 fully saturated rings. The minimum absolute atomic E-state index is 0.0584. The Morgan fingerprint density at radius 3 is 2.07 bits per heavy atom. The van der Waals surface area contributed by atoms with Crippen molar-refractivity contribution in [2.45, 2.75) is 19.1 Å². The molecule has 0 aliphatic rings. The summed E-state index contributed by atoms with van der Waals surface area (Å²) in [5.74, 6) is -0.492. The molecular weight excluding hydrogens is 350 g/mol. The third kappa shape index (κ3) is 3.95. The number of nitriles is 1. The highest BCUT2D eigenvalue weighted by atomic mass is 16.6. The summed E-state index contributed by atoms with van der Waals surface area (Å²) in [6.07, 6.45) is 0. The maximum atomic E-state index is 13.4. The lowest BCUT2D eigenvalue weighted by Crippen LogP contribution is -2.41. The first-order valence-electron chi connectivity index (χ1n) is 9.12. The van der Waals surface area contributed by atoms with Crippen LogP contribution in [0.5, 0.6) is 0 Å². The van der Waals surface area contributed by atoms with Crippen LogP contribution in [0.25, 0.3) is 0 Å². The van der Waals surface area contributed by atoms with E-state index in [1.807, 2.05) is 73.7 Å². The monoisotopic (exact) mass is 371 g/mol. The van der Waals surface area contributed by atoms with Gasteiger partial charge in [-0.3, -0.25) is 0 Å². The van der Waals surface area contributed by atoms with E-state index in [1.165, 1.54) is 0 Å². The molecule has 4 nitrogen and oxygen atoms in total. The lowest BCUT2D eigenvalue weighted by molar-refractivity contribution is -0.169. The molecule has 0 amide bonds. The summed E-state index contributed by atoms with van der Waals surface area (Å²) < 4.78 is 11.8. The number of hydrogen-bond donors (Lipinski definition) is 0. The predicted octanol–water partition coefficient (Wildman–Crippen LogP) is 4.58. The zero-order valence-electron chi connectivity index (χ0n) is 15.7. The van der Waals surface area contributed by atoms with E-state index in [-0.39, 0.29) is 6.61 Å². The van der Waals surface area contributed by atoms with Gasteiger partial charge in [0.15, 0.2) is 0 Å². The largest absolute Gasteiger partial charge is 0.458 e. The highest BCUT2D eigenvalue weighted by Gasteiger charge is 2.44. The van der Waals surface area contributed by atoms with Crippen molar-refractivity contribution < 1.29 is 14.3 Å². The molecule has 0 saturated carbocycles. The van der Waals surface area contributed by atoms with Crippen molar-refractivity contribution >= 4 is 5.97 Å². The van der Waals surface area contributed by atoms with E-state index in [9.17, 15) is 4.79 Å². The summed E-state index contributed by atoms with van der Waals surface area (Å²) in [7, 11) is 0. The molecule has 3 aromatic carbocycles. The van der Waals surface area contributed by atoms with Crippen LogP contribution >= 0.6 is 0 Å². The topological polar surface area (TPSA) is 59.3 Å². The smallest absolute Gasteiger partial charge is 0.348 e. The van der Waals surface area contributed by atoms with Gasteiger partial charge in [0, 0.05) is 6.61 Å². The number of benzene rings is 3. The van der Waals surface area contributed by atoms with Gasteiger partial charge >= 0.3 is 5.97 Å². The van der Waals surface area contributed by atoms with E-state index in [0.29, 0.717) is 23.3 Å². The first-order valence-corrected chi connectivity index (χ1v) is 9.12. The van der Waals surface area contributed by atoms with Crippen molar-refractivity contribution in [3.63, 3.8) is 0 Å². The van der Waals surface area contributed by atoms with Crippen LogP contribution in [0.1, 0.15) is 29.2 Å². The van der Waals surface area contributed by atoms with E-state index in [4.69, 9.17) is 14.7 Å². The van der Waals surface area contributed by atoms with Crippen LogP contribution in [0.3, 0.4) is 0 Å². The third-order valence-electron chi connectivity index (χ3n) is 4.43. The van der Waals surface area contributed by atoms with Crippen molar-refractivity contribution in [1.29, 1.82) is 5.26 Å². The van der Waals surface area contributed by atoms with E-state index in [0.717, 1.165) is 5.56 Å². The molecule has 140 valence electrons. The molecule has 0 aliphatic heterocycles. The Balaban J connectivity index is 1.98. The summed E-state index contributed by atoms with van der Waals surface area (Å²) in [6.45, 7) is 2.25. The molecule has 0 unspecified atom stereocenters. The van der Waals surface area contributed by atoms with Gasteiger partial charge in [0.2, 0.25) is 5.60 Å². The number of esters is 1. The minimum Gasteiger partial charge on any atom is -0.458 e. The van der Waals surface area contributed by atoms with Crippen molar-refractivity contribution in [2.75, 3.05) is 6.61 Å². The second-order valence-electron chi connectivity index (χ2n) is 6.23. The van der Waals surface area contributed by atoms with Crippen LogP contribution in [-0.4, -0.2) is 12.6 Å². The molecular formula is C24H21NO3. The fourth-order valence-electron chi connectivity index (χ4n) is 3.17. The third-order valence-corrected chi connectivity index (χ3v) is 4.43. The van der Waals surface area contributed by atoms with Gasteiger partial charge in [0.05, 0.1) is 11.6 Å². The molecule has 4 heteroatoms. The number of nitrogens with zero attached hydrogens (tertiary/aromatic N) is 1. The summed E-state index contributed by atoms with van der Waals surface area (Å²) in [6, 6.07) is 27.8. The Labute approximate surface area is 165 Å². The fraction of sp³-hybridized carbons (Fsp3) is 0.167. The van der Waals surface area contributed by atoms with Crippen LogP contribution < -0.4 is 0 Å². The van der Waals surface area contributed by atoms with Gasteiger partial charge in [-0.15, -0.1) is 0 Å². The van der Waals surface area contributed by atoms with Crippen molar-refractivity contribution in [3.05, 3.63) is 107 Å². The molecule has 3 rings (SSSR count). The summed E-state index contributed by atoms with van der Waals surface area (Å²) >= 11 is 0. The molecule has 0 N–H and O–H groups in total. The van der Waals surface area contributed by atoms with Gasteiger partial charge < -0.3 is 9.47 Å². The van der Waals surface area contributed by atoms with Crippen molar-refractivity contribution in [1.82, 2.24) is 0 Å². The number of carbonyl (C=O) groups is 1. The Kier molecular flexibility index (Phi) is 6.21. The lowest BCUT2D eigenvalue weighted by atomic mass is 9.86. The second kappa shape index (κ2) is 8.98. The summed E-state index contributed by atoms with van der Waals surface area (Å²) in [4.78, 5) is 13.4. The highest BCUT2D eigenvalue weighted by Crippen LogP contribution is 2.35. The molecule has 0 atom stereocenters. The zero-order chi connectivity index (χ0) is 19.8. The molecule has 0 aromatic heterocycles. The molecule has 0 saturated heterocycles. The second-order valence-corrected chi connectivity index (χ2v) is 6.23. The fourth-order valence-corrected chi connectivity index (χ4v) is 3.17. The van der Waals surface area contributed by atoms with Crippen LogP contribution in [0.15, 0.2) is 84.9 Å². The van der Waals surface area contributed by atoms with E-state index < -0.39 is 11.6 Å². The van der Waals surface area contributed by atoms with Crippen LogP contribution in [0, 0.1) is 11.3 Å². The molecule has 28 heavy (non-hydrogen) atoms. The average molecular weight is 371 g/mol. The lowest BCUT2D eigenvalue weighted by Gasteiger charge is -2.32. The zero-order valence-corrected chi connectivity index (χ0v) is 15.7. The SMILES string of the molecule is CCOC(C(=O)OCc1cccc(C#N)c1)(c1ccccc1)c1ccccc1. The number of ether oxygens (including phenoxy) is 2. The van der Waals surface area contributed by atoms with Gasteiger partial charge in [-0.2, -0.15) is 5.26 Å². The van der Waals surface area contributed by atoms with Gasteiger partial charge in [-0.25, -0.2) is 4.79 Å². The van der Waals surface area contributed by atoms with E-state index >= 15 is 0 Å². The van der Waals surface area contributed by atoms with Gasteiger partial charge in [0.25, 0.3) is 0 Å². The Morgan fingerprint density at radius 1 is 0.929 bits per heavy atom. The van der Waals surface area contributed by atoms with Crippen molar-refractivity contribution in [2.24, 2.45) is 0 Å². The quantitative estimate of drug-likeness (QED) is 0.570. The van der Waals surface area contributed by atoms with Crippen molar-refractivity contribution in [3.8, 4) is 6.07 Å². The maximum absolute atomic E-state index is 13.4. The molecule has 0 aliphatic carbocycles. The van der Waals surface area contributed by atoms with Crippen LogP contribution in [-0.2, 0) is 26.5 Å². The Hall–Kier alpha value is -3.42. The van der Waals surface area contributed by atoms with Crippen LogP contribution in [0.2, 0.25) is 0 Å². The molecule has 3 aromatic rings. The first-order chi connectivity index (χ1) is 13.7. The number of hydrogen-bond acceptors (Lipinski definition) is 4. The maximum Gasteiger partial charge on any atom is 0.348 e. The van der Waals surface area contributed by atoms with E-state index in [2.05, 4.69) is 6.07 Å². The summed E-state index contributed by atoms with van der Waals surface area (Å²) in [5, 5.41) is 9.06. The van der Waals surface area contributed by atoms with Gasteiger partial charge in [-0.1, -0.05) is 72.8 Å². The summed E-state index contributed by atoms with van der Waals surface area (Å²) in [5.41, 5.74) is 1.33. The molecule has 0 spiro atoms. The molecule has 0 heterocycles. The minimum atomic E-state index is -1.36. The molecule has 0 bridgehead atoms. The first kappa shape index (κ1) is 19.3. The average Bonchev–Trinajstić information content (AvgIpc) is 2.77. The van der Waals surface area contributed by atoms with Gasteiger partial charge in [0.1, 0.15) is 6.61 Å². The number of carbonyl (C=O) groups excluding carboxylic acids is 1. The number of rotatable bonds is 7. The van der Waals surface area contributed by atoms with E-state index in [1.54, 1.807) is 18.2 Å². The molecule has 0 radical (unpaired) electrons. The Bertz CT molecular complexity index is 922. The standard InChI is InChI=1S/C24H21NO3/c1-2-28-24(21-12-5-3-6-13-21,22-14-7-4-8-15-22)23(26)27-18-20-11-9-10-19(16-20)17-25/h3-16H,2,18H2,1H3. The predicted molar refractivity (Wildman–Crippen MR) is 106 cm³/mol.